The summed E-state index contributed by atoms with van der Waals surface area (Å²) >= 11 is 6.28. The third-order valence-corrected chi connectivity index (χ3v) is 11.0. The van der Waals surface area contributed by atoms with Gasteiger partial charge < -0.3 is 16.0 Å². The van der Waals surface area contributed by atoms with Crippen LogP contribution < -0.4 is 20.7 Å². The van der Waals surface area contributed by atoms with Gasteiger partial charge in [-0.15, -0.1) is 0 Å². The molecule has 3 atom stereocenters. The second kappa shape index (κ2) is 14.1. The molecule has 0 radical (unpaired) electrons. The minimum absolute atomic E-state index is 0.0758. The fourth-order valence-electron chi connectivity index (χ4n) is 6.76. The van der Waals surface area contributed by atoms with Gasteiger partial charge in [0.25, 0.3) is 0 Å². The molecule has 224 valence electrons. The van der Waals surface area contributed by atoms with Gasteiger partial charge in [-0.25, -0.2) is 18.1 Å². The molecule has 2 aromatic rings. The van der Waals surface area contributed by atoms with Crippen LogP contribution in [0, 0.1) is 34.5 Å². The molecule has 11 heteroatoms. The zero-order chi connectivity index (χ0) is 29.5. The predicted octanol–water partition coefficient (Wildman–Crippen LogP) is 5.17. The maximum Gasteiger partial charge on any atom is 0.224 e. The topological polar surface area (TPSA) is 132 Å². The summed E-state index contributed by atoms with van der Waals surface area (Å²) in [4.78, 5) is 8.93. The lowest BCUT2D eigenvalue weighted by Gasteiger charge is -2.42. The van der Waals surface area contributed by atoms with E-state index in [9.17, 15) is 13.7 Å². The summed E-state index contributed by atoms with van der Waals surface area (Å²) in [6.45, 7) is 7.80. The lowest BCUT2D eigenvalue weighted by molar-refractivity contribution is 0.124. The molecule has 0 saturated heterocycles. The summed E-state index contributed by atoms with van der Waals surface area (Å²) in [5, 5.41) is 20.5. The maximum atomic E-state index is 12.1. The first kappa shape index (κ1) is 31.5. The van der Waals surface area contributed by atoms with Gasteiger partial charge in [0.1, 0.15) is 17.5 Å². The Morgan fingerprint density at radius 3 is 2.54 bits per heavy atom. The molecule has 1 heterocycles. The maximum absolute atomic E-state index is 12.1. The SMILES string of the molecule is CNS(=O)(=O)C1CCC(CNC[C@@H]2CC(C)C[C@@](C)(CNc3nc(NCc4ccccc4Cl)ncc3C#N)C2)CC1. The van der Waals surface area contributed by atoms with Gasteiger partial charge >= 0.3 is 0 Å². The number of nitrogens with one attached hydrogen (secondary N) is 4. The number of sulfonamides is 1. The summed E-state index contributed by atoms with van der Waals surface area (Å²) in [5.41, 5.74) is 1.46. The summed E-state index contributed by atoms with van der Waals surface area (Å²) < 4.78 is 26.7. The third kappa shape index (κ3) is 8.77. The molecule has 4 N–H and O–H groups in total. The highest BCUT2D eigenvalue weighted by Crippen LogP contribution is 2.42. The van der Waals surface area contributed by atoms with Crippen molar-refractivity contribution in [2.75, 3.05) is 37.3 Å². The first-order valence-corrected chi connectivity index (χ1v) is 16.6. The second-order valence-corrected chi connectivity index (χ2v) is 14.9. The van der Waals surface area contributed by atoms with Crippen molar-refractivity contribution in [3.8, 4) is 6.07 Å². The highest BCUT2D eigenvalue weighted by Gasteiger charge is 2.36. The van der Waals surface area contributed by atoms with E-state index < -0.39 is 10.0 Å². The van der Waals surface area contributed by atoms with Crippen LogP contribution in [-0.4, -0.2) is 50.3 Å². The molecule has 2 aliphatic rings. The van der Waals surface area contributed by atoms with Crippen molar-refractivity contribution in [1.82, 2.24) is 20.0 Å². The fraction of sp³-hybridized carbons (Fsp3) is 0.633. The van der Waals surface area contributed by atoms with E-state index in [-0.39, 0.29) is 10.7 Å². The van der Waals surface area contributed by atoms with Crippen molar-refractivity contribution in [3.63, 3.8) is 0 Å². The monoisotopic (exact) mass is 601 g/mol. The number of hydrogen-bond acceptors (Lipinski definition) is 8. The van der Waals surface area contributed by atoms with E-state index in [4.69, 9.17) is 11.6 Å². The normalized spacial score (nSPS) is 26.7. The summed E-state index contributed by atoms with van der Waals surface area (Å²) in [5.74, 6) is 2.72. The number of aromatic nitrogens is 2. The van der Waals surface area contributed by atoms with Gasteiger partial charge in [-0.1, -0.05) is 43.6 Å². The van der Waals surface area contributed by atoms with Gasteiger partial charge in [-0.05, 0) is 99.9 Å². The van der Waals surface area contributed by atoms with Crippen molar-refractivity contribution in [1.29, 1.82) is 5.26 Å². The Morgan fingerprint density at radius 1 is 1.10 bits per heavy atom. The van der Waals surface area contributed by atoms with Gasteiger partial charge in [0.05, 0.1) is 11.4 Å². The zero-order valence-electron chi connectivity index (χ0n) is 24.4. The van der Waals surface area contributed by atoms with E-state index in [1.165, 1.54) is 13.5 Å². The Morgan fingerprint density at radius 2 is 1.83 bits per heavy atom. The van der Waals surface area contributed by atoms with Crippen molar-refractivity contribution in [2.45, 2.75) is 70.6 Å². The van der Waals surface area contributed by atoms with Crippen LogP contribution >= 0.6 is 11.6 Å². The lowest BCUT2D eigenvalue weighted by atomic mass is 9.66. The molecule has 1 unspecified atom stereocenters. The minimum atomic E-state index is -3.16. The molecule has 2 saturated carbocycles. The van der Waals surface area contributed by atoms with E-state index in [1.54, 1.807) is 6.20 Å². The quantitative estimate of drug-likeness (QED) is 0.262. The first-order chi connectivity index (χ1) is 19.6. The van der Waals surface area contributed by atoms with E-state index in [0.29, 0.717) is 46.7 Å². The van der Waals surface area contributed by atoms with Crippen LogP contribution in [0.3, 0.4) is 0 Å². The lowest BCUT2D eigenvalue weighted by Crippen LogP contribution is -2.40. The molecular formula is C30H44ClN7O2S. The van der Waals surface area contributed by atoms with Crippen LogP contribution in [0.4, 0.5) is 11.8 Å². The van der Waals surface area contributed by atoms with E-state index in [0.717, 1.165) is 63.7 Å². The molecule has 0 bridgehead atoms. The molecule has 2 fully saturated rings. The van der Waals surface area contributed by atoms with E-state index in [1.807, 2.05) is 24.3 Å². The average Bonchev–Trinajstić information content (AvgIpc) is 2.95. The number of anilines is 2. The van der Waals surface area contributed by atoms with Gasteiger partial charge in [0, 0.05) is 18.1 Å². The average molecular weight is 602 g/mol. The molecule has 0 aliphatic heterocycles. The van der Waals surface area contributed by atoms with Crippen molar-refractivity contribution < 1.29 is 8.42 Å². The number of nitriles is 1. The Hall–Kier alpha value is -2.45. The smallest absolute Gasteiger partial charge is 0.224 e. The molecule has 41 heavy (non-hydrogen) atoms. The van der Waals surface area contributed by atoms with Crippen LogP contribution in [-0.2, 0) is 16.6 Å². The van der Waals surface area contributed by atoms with Crippen molar-refractivity contribution in [2.24, 2.45) is 23.2 Å². The Labute approximate surface area is 250 Å². The Kier molecular flexibility index (Phi) is 10.9. The molecule has 9 nitrogen and oxygen atoms in total. The Bertz CT molecular complexity index is 1310. The fourth-order valence-corrected chi connectivity index (χ4v) is 8.19. The number of nitrogens with zero attached hydrogens (tertiary/aromatic N) is 3. The van der Waals surface area contributed by atoms with Gasteiger partial charge in [-0.2, -0.15) is 10.2 Å². The molecule has 2 aliphatic carbocycles. The molecule has 1 aromatic carbocycles. The molecule has 0 spiro atoms. The summed E-state index contributed by atoms with van der Waals surface area (Å²) in [6, 6.07) is 9.86. The van der Waals surface area contributed by atoms with Crippen LogP contribution in [0.25, 0.3) is 0 Å². The van der Waals surface area contributed by atoms with Crippen LogP contribution in [0.15, 0.2) is 30.5 Å². The number of benzene rings is 1. The van der Waals surface area contributed by atoms with Gasteiger partial charge in [0.15, 0.2) is 0 Å². The highest BCUT2D eigenvalue weighted by molar-refractivity contribution is 7.90. The van der Waals surface area contributed by atoms with Crippen LogP contribution in [0.2, 0.25) is 5.02 Å². The summed E-state index contributed by atoms with van der Waals surface area (Å²) in [6.07, 6.45) is 8.36. The van der Waals surface area contributed by atoms with Crippen LogP contribution in [0.1, 0.15) is 69.9 Å². The van der Waals surface area contributed by atoms with Crippen molar-refractivity contribution >= 4 is 33.4 Å². The molecule has 0 amide bonds. The molecule has 4 rings (SSSR count). The first-order valence-electron chi connectivity index (χ1n) is 14.7. The van der Waals surface area contributed by atoms with E-state index >= 15 is 0 Å². The zero-order valence-corrected chi connectivity index (χ0v) is 26.0. The standard InChI is InChI=1S/C30H44ClN7O2S/c1-21-12-23(17-34-16-22-8-10-26(11-9-22)41(39,40)33-3)14-30(2,13-21)20-37-28-25(15-32)19-36-29(38-28)35-18-24-6-4-5-7-27(24)31/h4-7,19,21-23,26,33-34H,8-14,16-18,20H2,1-3H3,(H2,35,36,37,38)/t21?,22?,23-,26?,30-/m1/s1. The number of rotatable bonds is 12. The minimum Gasteiger partial charge on any atom is -0.368 e. The second-order valence-electron chi connectivity index (χ2n) is 12.3. The van der Waals surface area contributed by atoms with E-state index in [2.05, 4.69) is 50.6 Å². The summed E-state index contributed by atoms with van der Waals surface area (Å²) in [7, 11) is -1.65. The van der Waals surface area contributed by atoms with Gasteiger partial charge in [0.2, 0.25) is 16.0 Å². The van der Waals surface area contributed by atoms with Gasteiger partial charge in [-0.3, -0.25) is 0 Å². The Balaban J connectivity index is 1.28. The molecule has 1 aromatic heterocycles. The van der Waals surface area contributed by atoms with Crippen LogP contribution in [0.5, 0.6) is 0 Å². The number of hydrogen-bond donors (Lipinski definition) is 4. The third-order valence-electron chi connectivity index (χ3n) is 8.73. The van der Waals surface area contributed by atoms with Crippen molar-refractivity contribution in [3.05, 3.63) is 46.6 Å². The number of halogens is 1. The predicted molar refractivity (Wildman–Crippen MR) is 165 cm³/mol. The largest absolute Gasteiger partial charge is 0.368 e. The molecular weight excluding hydrogens is 558 g/mol. The highest BCUT2D eigenvalue weighted by atomic mass is 35.5.